The number of piperidine rings is 1. The smallest absolute Gasteiger partial charge is 0.266 e. The Morgan fingerprint density at radius 2 is 1.79 bits per heavy atom. The van der Waals surface area contributed by atoms with Crippen molar-refractivity contribution in [3.8, 4) is 11.4 Å². The Bertz CT molecular complexity index is 1090. The molecule has 0 unspecified atom stereocenters. The van der Waals surface area contributed by atoms with Crippen molar-refractivity contribution in [2.75, 3.05) is 26.0 Å². The number of methoxy groups -OCH3 is 1. The molecule has 150 valence electrons. The van der Waals surface area contributed by atoms with E-state index < -0.39 is 0 Å². The molecule has 0 radical (unpaired) electrons. The number of nitrogens with zero attached hydrogens (tertiary/aromatic N) is 3. The van der Waals surface area contributed by atoms with Crippen molar-refractivity contribution in [2.24, 2.45) is 0 Å². The van der Waals surface area contributed by atoms with E-state index in [1.165, 1.54) is 18.2 Å². The van der Waals surface area contributed by atoms with Crippen molar-refractivity contribution in [3.63, 3.8) is 0 Å². The molecule has 1 saturated heterocycles. The van der Waals surface area contributed by atoms with Crippen LogP contribution in [0.1, 0.15) is 19.3 Å². The molecule has 0 saturated carbocycles. The summed E-state index contributed by atoms with van der Waals surface area (Å²) in [7, 11) is 1.57. The summed E-state index contributed by atoms with van der Waals surface area (Å²) in [5.74, 6) is 0.916. The molecule has 29 heavy (non-hydrogen) atoms. The highest BCUT2D eigenvalue weighted by Gasteiger charge is 2.20. The fraction of sp³-hybridized carbons (Fsp3) is 0.318. The van der Waals surface area contributed by atoms with E-state index in [1.54, 1.807) is 17.7 Å². The van der Waals surface area contributed by atoms with Crippen LogP contribution in [0.15, 0.2) is 58.5 Å². The molecule has 1 aliphatic heterocycles. The van der Waals surface area contributed by atoms with Crippen molar-refractivity contribution < 1.29 is 9.53 Å². The number of para-hydroxylation sites is 3. The van der Waals surface area contributed by atoms with Crippen LogP contribution in [0.3, 0.4) is 0 Å². The van der Waals surface area contributed by atoms with Gasteiger partial charge in [0, 0.05) is 13.1 Å². The molecule has 0 spiro atoms. The largest absolute Gasteiger partial charge is 0.495 e. The predicted octanol–water partition coefficient (Wildman–Crippen LogP) is 3.50. The highest BCUT2D eigenvalue weighted by molar-refractivity contribution is 7.99. The summed E-state index contributed by atoms with van der Waals surface area (Å²) >= 11 is 1.30. The van der Waals surface area contributed by atoms with Gasteiger partial charge in [-0.25, -0.2) is 4.98 Å². The van der Waals surface area contributed by atoms with Gasteiger partial charge in [0.05, 0.1) is 29.5 Å². The quantitative estimate of drug-likeness (QED) is 0.477. The molecule has 0 aliphatic carbocycles. The summed E-state index contributed by atoms with van der Waals surface area (Å²) in [5, 5.41) is 1.02. The first-order valence-electron chi connectivity index (χ1n) is 9.75. The number of likely N-dealkylation sites (tertiary alicyclic amines) is 1. The third-order valence-corrected chi connectivity index (χ3v) is 6.03. The van der Waals surface area contributed by atoms with Gasteiger partial charge >= 0.3 is 0 Å². The number of fused-ring (bicyclic) bond motifs is 1. The zero-order valence-electron chi connectivity index (χ0n) is 16.3. The number of rotatable bonds is 5. The molecule has 2 aromatic carbocycles. The first-order chi connectivity index (χ1) is 14.2. The van der Waals surface area contributed by atoms with Crippen molar-refractivity contribution in [2.45, 2.75) is 24.4 Å². The van der Waals surface area contributed by atoms with Gasteiger partial charge in [-0.1, -0.05) is 36.0 Å². The average Bonchev–Trinajstić information content (AvgIpc) is 2.78. The monoisotopic (exact) mass is 409 g/mol. The van der Waals surface area contributed by atoms with E-state index in [0.29, 0.717) is 27.5 Å². The lowest BCUT2D eigenvalue weighted by Crippen LogP contribution is -2.36. The standard InChI is InChI=1S/C22H23N3O3S/c1-28-19-12-6-5-11-18(19)25-21(27)16-9-3-4-10-17(16)23-22(25)29-15-20(26)24-13-7-2-8-14-24/h3-6,9-12H,2,7-8,13-15H2,1H3. The van der Waals surface area contributed by atoms with Gasteiger partial charge in [0.2, 0.25) is 5.91 Å². The average molecular weight is 410 g/mol. The zero-order chi connectivity index (χ0) is 20.2. The molecule has 0 bridgehead atoms. The normalized spacial score (nSPS) is 14.2. The maximum absolute atomic E-state index is 13.3. The third-order valence-electron chi connectivity index (χ3n) is 5.10. The summed E-state index contributed by atoms with van der Waals surface area (Å²) in [5.41, 5.74) is 1.07. The fourth-order valence-corrected chi connectivity index (χ4v) is 4.51. The maximum atomic E-state index is 13.3. The Balaban J connectivity index is 1.75. The molecule has 0 N–H and O–H groups in total. The van der Waals surface area contributed by atoms with Crippen LogP contribution in [-0.2, 0) is 4.79 Å². The Hall–Kier alpha value is -2.80. The molecule has 7 heteroatoms. The van der Waals surface area contributed by atoms with Gasteiger partial charge in [-0.15, -0.1) is 0 Å². The molecule has 1 aromatic heterocycles. The molecular weight excluding hydrogens is 386 g/mol. The molecule has 1 fully saturated rings. The number of benzene rings is 2. The molecular formula is C22H23N3O3S. The van der Waals surface area contributed by atoms with Crippen LogP contribution in [0, 0.1) is 0 Å². The van der Waals surface area contributed by atoms with Gasteiger partial charge in [0.1, 0.15) is 5.75 Å². The van der Waals surface area contributed by atoms with E-state index in [4.69, 9.17) is 9.72 Å². The minimum atomic E-state index is -0.173. The van der Waals surface area contributed by atoms with Crippen LogP contribution in [0.2, 0.25) is 0 Å². The van der Waals surface area contributed by atoms with Crippen LogP contribution in [0.5, 0.6) is 5.75 Å². The van der Waals surface area contributed by atoms with E-state index in [9.17, 15) is 9.59 Å². The Morgan fingerprint density at radius 1 is 1.07 bits per heavy atom. The lowest BCUT2D eigenvalue weighted by molar-refractivity contribution is -0.129. The first-order valence-corrected chi connectivity index (χ1v) is 10.7. The van der Waals surface area contributed by atoms with E-state index in [1.807, 2.05) is 47.4 Å². The lowest BCUT2D eigenvalue weighted by Gasteiger charge is -2.26. The number of hydrogen-bond donors (Lipinski definition) is 0. The summed E-state index contributed by atoms with van der Waals surface area (Å²) in [6.45, 7) is 1.62. The van der Waals surface area contributed by atoms with Crippen LogP contribution < -0.4 is 10.3 Å². The molecule has 2 heterocycles. The van der Waals surface area contributed by atoms with Crippen molar-refractivity contribution in [1.29, 1.82) is 0 Å². The second-order valence-corrected chi connectivity index (χ2v) is 7.90. The summed E-state index contributed by atoms with van der Waals surface area (Å²) < 4.78 is 7.02. The molecule has 1 aliphatic rings. The van der Waals surface area contributed by atoms with E-state index >= 15 is 0 Å². The zero-order valence-corrected chi connectivity index (χ0v) is 17.2. The maximum Gasteiger partial charge on any atom is 0.266 e. The topological polar surface area (TPSA) is 64.4 Å². The Kier molecular flexibility index (Phi) is 5.85. The van der Waals surface area contributed by atoms with Crippen LogP contribution in [0.25, 0.3) is 16.6 Å². The van der Waals surface area contributed by atoms with Crippen molar-refractivity contribution >= 4 is 28.6 Å². The Morgan fingerprint density at radius 3 is 2.59 bits per heavy atom. The second-order valence-electron chi connectivity index (χ2n) is 6.95. The van der Waals surface area contributed by atoms with Gasteiger partial charge in [-0.05, 0) is 43.5 Å². The highest BCUT2D eigenvalue weighted by Crippen LogP contribution is 2.27. The number of thioether (sulfide) groups is 1. The summed E-state index contributed by atoms with van der Waals surface area (Å²) in [6.07, 6.45) is 3.28. The number of ether oxygens (including phenoxy) is 1. The number of carbonyl (C=O) groups excluding carboxylic acids is 1. The minimum Gasteiger partial charge on any atom is -0.495 e. The Labute approximate surface area is 173 Å². The molecule has 4 rings (SSSR count). The third kappa shape index (κ3) is 4.00. The van der Waals surface area contributed by atoms with Crippen molar-refractivity contribution in [3.05, 3.63) is 58.9 Å². The summed E-state index contributed by atoms with van der Waals surface area (Å²) in [4.78, 5) is 32.6. The van der Waals surface area contributed by atoms with Gasteiger partial charge in [0.15, 0.2) is 5.16 Å². The van der Waals surface area contributed by atoms with E-state index in [0.717, 1.165) is 25.9 Å². The second kappa shape index (κ2) is 8.69. The van der Waals surface area contributed by atoms with Crippen LogP contribution >= 0.6 is 11.8 Å². The SMILES string of the molecule is COc1ccccc1-n1c(SCC(=O)N2CCCCC2)nc2ccccc2c1=O. The fourth-order valence-electron chi connectivity index (χ4n) is 3.60. The van der Waals surface area contributed by atoms with Gasteiger partial charge in [-0.3, -0.25) is 14.2 Å². The number of hydrogen-bond acceptors (Lipinski definition) is 5. The van der Waals surface area contributed by atoms with E-state index in [-0.39, 0.29) is 17.2 Å². The van der Waals surface area contributed by atoms with Gasteiger partial charge < -0.3 is 9.64 Å². The van der Waals surface area contributed by atoms with Crippen LogP contribution in [-0.4, -0.2) is 46.3 Å². The first kappa shape index (κ1) is 19.5. The lowest BCUT2D eigenvalue weighted by atomic mass is 10.1. The van der Waals surface area contributed by atoms with E-state index in [2.05, 4.69) is 0 Å². The minimum absolute atomic E-state index is 0.0867. The highest BCUT2D eigenvalue weighted by atomic mass is 32.2. The summed E-state index contributed by atoms with van der Waals surface area (Å²) in [6, 6.07) is 14.6. The van der Waals surface area contributed by atoms with Crippen LogP contribution in [0.4, 0.5) is 0 Å². The molecule has 6 nitrogen and oxygen atoms in total. The van der Waals surface area contributed by atoms with Gasteiger partial charge in [-0.2, -0.15) is 0 Å². The number of aromatic nitrogens is 2. The van der Waals surface area contributed by atoms with Gasteiger partial charge in [0.25, 0.3) is 5.56 Å². The molecule has 1 amide bonds. The predicted molar refractivity (Wildman–Crippen MR) is 115 cm³/mol. The number of amides is 1. The molecule has 0 atom stereocenters. The van der Waals surface area contributed by atoms with Crippen molar-refractivity contribution in [1.82, 2.24) is 14.5 Å². The molecule has 3 aromatic rings. The number of carbonyl (C=O) groups is 1.